The molecule has 1 spiro atoms. The van der Waals surface area contributed by atoms with Gasteiger partial charge in [-0.05, 0) is 92.5 Å². The number of hydrogen-bond donors (Lipinski definition) is 1. The smallest absolute Gasteiger partial charge is 0.237 e. The van der Waals surface area contributed by atoms with Crippen LogP contribution in [-0.2, 0) is 41.1 Å². The first-order valence-electron chi connectivity index (χ1n) is 16.2. The predicted molar refractivity (Wildman–Crippen MR) is 176 cm³/mol. The normalized spacial score (nSPS) is 18.2. The molecule has 0 radical (unpaired) electrons. The van der Waals surface area contributed by atoms with E-state index >= 15 is 0 Å². The van der Waals surface area contributed by atoms with Gasteiger partial charge >= 0.3 is 0 Å². The van der Waals surface area contributed by atoms with Crippen molar-refractivity contribution in [3.8, 4) is 11.4 Å². The van der Waals surface area contributed by atoms with E-state index in [0.29, 0.717) is 19.2 Å². The van der Waals surface area contributed by atoms with Gasteiger partial charge in [-0.25, -0.2) is 4.68 Å². The molecule has 1 saturated heterocycles. The second-order valence-corrected chi connectivity index (χ2v) is 19.7. The summed E-state index contributed by atoms with van der Waals surface area (Å²) >= 11 is 0. The number of H-pyrrole nitrogens is 1. The van der Waals surface area contributed by atoms with Crippen LogP contribution in [0.15, 0.2) is 48.7 Å². The van der Waals surface area contributed by atoms with E-state index in [2.05, 4.69) is 90.0 Å². The van der Waals surface area contributed by atoms with Crippen molar-refractivity contribution in [3.63, 3.8) is 0 Å². The Hall–Kier alpha value is -3.20. The van der Waals surface area contributed by atoms with Crippen molar-refractivity contribution in [2.45, 2.75) is 83.4 Å². The largest absolute Gasteiger partial charge is 0.360 e. The van der Waals surface area contributed by atoms with Gasteiger partial charge in [0.1, 0.15) is 12.4 Å². The Kier molecular flexibility index (Phi) is 7.34. The van der Waals surface area contributed by atoms with Gasteiger partial charge in [0.05, 0.1) is 11.1 Å². The third-order valence-corrected chi connectivity index (χ3v) is 11.6. The van der Waals surface area contributed by atoms with Gasteiger partial charge in [-0.15, -0.1) is 0 Å². The molecule has 4 heterocycles. The second-order valence-electron chi connectivity index (χ2n) is 14.0. The molecule has 2 aromatic carbocycles. The van der Waals surface area contributed by atoms with Crippen molar-refractivity contribution >= 4 is 30.6 Å². The molecule has 0 atom stereocenters. The first-order valence-corrected chi connectivity index (χ1v) is 19.9. The highest BCUT2D eigenvalue weighted by Gasteiger charge is 2.52. The number of likely N-dealkylation sites (tertiary alicyclic amines) is 1. The number of carbonyl (C=O) groups is 1. The lowest BCUT2D eigenvalue weighted by molar-refractivity contribution is -0.124. The zero-order chi connectivity index (χ0) is 29.8. The van der Waals surface area contributed by atoms with Crippen molar-refractivity contribution in [1.29, 1.82) is 0 Å². The van der Waals surface area contributed by atoms with Crippen molar-refractivity contribution < 1.29 is 9.53 Å². The monoisotopic (exact) mass is 595 g/mol. The van der Waals surface area contributed by atoms with Crippen molar-refractivity contribution in [1.82, 2.24) is 19.7 Å². The molecular weight excluding hydrogens is 551 g/mol. The summed E-state index contributed by atoms with van der Waals surface area (Å²) in [7, 11) is -1.12. The molecule has 0 unspecified atom stereocenters. The maximum absolute atomic E-state index is 14.1. The summed E-state index contributed by atoms with van der Waals surface area (Å²) in [5.74, 6) is 0.290. The van der Waals surface area contributed by atoms with Crippen LogP contribution in [0.1, 0.15) is 48.4 Å². The molecule has 226 valence electrons. The molecule has 2 aliphatic heterocycles. The Labute approximate surface area is 256 Å². The molecule has 7 rings (SSSR count). The number of carbonyl (C=O) groups excluding carboxylic acids is 1. The topological polar surface area (TPSA) is 66.4 Å². The van der Waals surface area contributed by atoms with E-state index < -0.39 is 13.5 Å². The van der Waals surface area contributed by atoms with Gasteiger partial charge in [0.25, 0.3) is 0 Å². The van der Waals surface area contributed by atoms with E-state index in [4.69, 9.17) is 9.84 Å². The lowest BCUT2D eigenvalue weighted by Gasteiger charge is -2.38. The Morgan fingerprint density at radius 1 is 1.07 bits per heavy atom. The van der Waals surface area contributed by atoms with Gasteiger partial charge in [-0.1, -0.05) is 50.0 Å². The molecule has 7 nitrogen and oxygen atoms in total. The zero-order valence-electron chi connectivity index (χ0n) is 26.2. The van der Waals surface area contributed by atoms with Crippen LogP contribution in [0, 0.1) is 0 Å². The third kappa shape index (κ3) is 5.17. The number of aromatic nitrogens is 3. The zero-order valence-corrected chi connectivity index (χ0v) is 27.2. The van der Waals surface area contributed by atoms with Crippen LogP contribution in [0.5, 0.6) is 0 Å². The molecule has 2 aromatic heterocycles. The summed E-state index contributed by atoms with van der Waals surface area (Å²) in [5, 5.41) is 6.27. The lowest BCUT2D eigenvalue weighted by Crippen LogP contribution is -2.48. The summed E-state index contributed by atoms with van der Waals surface area (Å²) in [6.45, 7) is 14.0. The molecule has 4 aromatic rings. The number of hydrogen-bond acceptors (Lipinski definition) is 4. The van der Waals surface area contributed by atoms with E-state index in [9.17, 15) is 4.79 Å². The summed E-state index contributed by atoms with van der Waals surface area (Å²) in [5.41, 5.74) is 9.19. The molecule has 1 amide bonds. The Bertz CT molecular complexity index is 1640. The summed E-state index contributed by atoms with van der Waals surface area (Å²) in [6, 6.07) is 16.5. The maximum Gasteiger partial charge on any atom is 0.237 e. The summed E-state index contributed by atoms with van der Waals surface area (Å²) in [4.78, 5) is 22.4. The fourth-order valence-electron chi connectivity index (χ4n) is 7.48. The highest BCUT2D eigenvalue weighted by atomic mass is 28.3. The van der Waals surface area contributed by atoms with Crippen molar-refractivity contribution in [2.24, 2.45) is 0 Å². The number of nitrogens with one attached hydrogen (secondary N) is 1. The lowest BCUT2D eigenvalue weighted by atomic mass is 9.73. The van der Waals surface area contributed by atoms with Gasteiger partial charge in [-0.3, -0.25) is 9.69 Å². The number of benzene rings is 2. The van der Waals surface area contributed by atoms with E-state index in [1.54, 1.807) is 0 Å². The van der Waals surface area contributed by atoms with Crippen LogP contribution in [0.25, 0.3) is 22.3 Å². The quantitative estimate of drug-likeness (QED) is 0.181. The Balaban J connectivity index is 1.19. The SMILES string of the molecule is CCN1C(=O)C2(CCN(Cc3ccccc3)CC2)c2cc3[nH]c4c(c3cc21)CCCc1cn(COCC[Si](C)(C)C)nc1-4. The number of amides is 1. The molecule has 1 fully saturated rings. The molecule has 8 heteroatoms. The molecule has 0 saturated carbocycles. The van der Waals surface area contributed by atoms with E-state index in [0.717, 1.165) is 87.0 Å². The number of aromatic amines is 1. The molecule has 3 aliphatic rings. The highest BCUT2D eigenvalue weighted by molar-refractivity contribution is 6.76. The predicted octanol–water partition coefficient (Wildman–Crippen LogP) is 6.73. The number of fused-ring (bicyclic) bond motifs is 7. The van der Waals surface area contributed by atoms with Crippen LogP contribution in [0.4, 0.5) is 5.69 Å². The van der Waals surface area contributed by atoms with Gasteiger partial charge in [-0.2, -0.15) is 5.10 Å². The average molecular weight is 596 g/mol. The fourth-order valence-corrected chi connectivity index (χ4v) is 8.24. The standard InChI is InChI=1S/C35H45N5O2Si/c1-5-40-31-20-28-27-13-9-12-26-23-39(24-42-18-19-43(2,3)4)37-32(26)33(27)36-30(28)21-29(31)35(34(40)41)14-16-38(17-15-35)22-25-10-7-6-8-11-25/h6-8,10-11,20-21,23,36H,5,9,12-19,22,24H2,1-4H3. The number of nitrogens with zero attached hydrogens (tertiary/aromatic N) is 4. The van der Waals surface area contributed by atoms with Gasteiger partial charge in [0.2, 0.25) is 5.91 Å². The second kappa shape index (κ2) is 11.1. The Morgan fingerprint density at radius 3 is 2.60 bits per heavy atom. The third-order valence-electron chi connectivity index (χ3n) is 9.93. The van der Waals surface area contributed by atoms with Crippen LogP contribution >= 0.6 is 0 Å². The highest BCUT2D eigenvalue weighted by Crippen LogP contribution is 2.50. The van der Waals surface area contributed by atoms with E-state index in [-0.39, 0.29) is 0 Å². The number of aryl methyl sites for hydroxylation is 2. The summed E-state index contributed by atoms with van der Waals surface area (Å²) < 4.78 is 8.01. The maximum atomic E-state index is 14.1. The Morgan fingerprint density at radius 2 is 1.86 bits per heavy atom. The number of rotatable bonds is 8. The van der Waals surface area contributed by atoms with Crippen molar-refractivity contribution in [2.75, 3.05) is 31.1 Å². The fraction of sp³-hybridized carbons (Fsp3) is 0.486. The van der Waals surface area contributed by atoms with Crippen LogP contribution in [-0.4, -0.2) is 59.9 Å². The number of anilines is 1. The van der Waals surface area contributed by atoms with Crippen LogP contribution in [0.2, 0.25) is 25.7 Å². The molecule has 1 aliphatic carbocycles. The van der Waals surface area contributed by atoms with E-state index in [1.807, 2.05) is 4.68 Å². The van der Waals surface area contributed by atoms with Gasteiger partial charge in [0, 0.05) is 50.6 Å². The minimum atomic E-state index is -1.12. The average Bonchev–Trinajstić information content (AvgIpc) is 3.58. The first-order chi connectivity index (χ1) is 20.8. The number of piperidine rings is 1. The van der Waals surface area contributed by atoms with Crippen molar-refractivity contribution in [3.05, 3.63) is 70.9 Å². The first kappa shape index (κ1) is 28.6. The minimum Gasteiger partial charge on any atom is -0.360 e. The number of ether oxygens (including phenoxy) is 1. The van der Waals surface area contributed by atoms with E-state index in [1.165, 1.54) is 27.6 Å². The molecule has 43 heavy (non-hydrogen) atoms. The minimum absolute atomic E-state index is 0.290. The number of likely N-dealkylation sites (N-methyl/N-ethyl adjacent to an activating group) is 1. The summed E-state index contributed by atoms with van der Waals surface area (Å²) in [6.07, 6.45) is 7.02. The molecule has 0 bridgehead atoms. The van der Waals surface area contributed by atoms with Gasteiger partial charge < -0.3 is 14.6 Å². The van der Waals surface area contributed by atoms with Crippen LogP contribution in [0.3, 0.4) is 0 Å². The van der Waals surface area contributed by atoms with Crippen LogP contribution < -0.4 is 4.90 Å². The van der Waals surface area contributed by atoms with Gasteiger partial charge in [0.15, 0.2) is 0 Å². The molecule has 1 N–H and O–H groups in total. The molecular formula is C35H45N5O2Si.